The number of nitrogens with two attached hydrogens (primary N) is 1. The van der Waals surface area contributed by atoms with Gasteiger partial charge in [0, 0.05) is 37.7 Å². The summed E-state index contributed by atoms with van der Waals surface area (Å²) in [7, 11) is 1.81. The van der Waals surface area contributed by atoms with E-state index in [2.05, 4.69) is 30.2 Å². The quantitative estimate of drug-likeness (QED) is 0.886. The van der Waals surface area contributed by atoms with Gasteiger partial charge in [-0.2, -0.15) is 0 Å². The second kappa shape index (κ2) is 6.65. The number of aromatic nitrogens is 4. The molecule has 22 heavy (non-hydrogen) atoms. The molecule has 1 atom stereocenters. The van der Waals surface area contributed by atoms with Crippen LogP contribution in [0.5, 0.6) is 0 Å². The molecule has 7 nitrogen and oxygen atoms in total. The fraction of sp³-hybridized carbons (Fsp3) is 0.467. The number of anilines is 2. The van der Waals surface area contributed by atoms with Crippen LogP contribution in [-0.2, 0) is 6.54 Å². The number of likely N-dealkylation sites (tertiary alicyclic amines) is 1. The average molecular weight is 299 g/mol. The molecule has 2 aromatic heterocycles. The lowest BCUT2D eigenvalue weighted by atomic mass is 9.98. The van der Waals surface area contributed by atoms with E-state index >= 15 is 0 Å². The third-order valence-electron chi connectivity index (χ3n) is 3.97. The summed E-state index contributed by atoms with van der Waals surface area (Å²) in [5.74, 6) is 0.979. The van der Waals surface area contributed by atoms with Crippen molar-refractivity contribution in [2.45, 2.75) is 31.8 Å². The molecule has 0 saturated carbocycles. The Morgan fingerprint density at radius 2 is 2.09 bits per heavy atom. The van der Waals surface area contributed by atoms with Gasteiger partial charge in [0.25, 0.3) is 0 Å². The van der Waals surface area contributed by atoms with Gasteiger partial charge in [0.1, 0.15) is 0 Å². The highest BCUT2D eigenvalue weighted by molar-refractivity contribution is 5.24. The van der Waals surface area contributed by atoms with Crippen molar-refractivity contribution in [3.8, 4) is 0 Å². The van der Waals surface area contributed by atoms with E-state index in [0.717, 1.165) is 30.8 Å². The topological polar surface area (TPSA) is 92.9 Å². The summed E-state index contributed by atoms with van der Waals surface area (Å²) in [6, 6.07) is 2.24. The van der Waals surface area contributed by atoms with E-state index < -0.39 is 0 Å². The summed E-state index contributed by atoms with van der Waals surface area (Å²) in [5.41, 5.74) is 7.83. The number of piperidine rings is 1. The van der Waals surface area contributed by atoms with Crippen LogP contribution in [0.25, 0.3) is 0 Å². The van der Waals surface area contributed by atoms with Crippen molar-refractivity contribution < 1.29 is 0 Å². The number of hydrogen-bond donors (Lipinski definition) is 2. The second-order valence-corrected chi connectivity index (χ2v) is 5.49. The third-order valence-corrected chi connectivity index (χ3v) is 3.97. The van der Waals surface area contributed by atoms with Gasteiger partial charge in [0.2, 0.25) is 11.9 Å². The third kappa shape index (κ3) is 3.30. The molecule has 1 fully saturated rings. The minimum absolute atomic E-state index is 0.281. The normalized spacial score (nSPS) is 19.0. The number of nitrogens with zero attached hydrogens (tertiary/aromatic N) is 5. The smallest absolute Gasteiger partial charge is 0.222 e. The fourth-order valence-electron chi connectivity index (χ4n) is 2.89. The highest BCUT2D eigenvalue weighted by Gasteiger charge is 2.25. The van der Waals surface area contributed by atoms with E-state index in [1.54, 1.807) is 6.20 Å². The van der Waals surface area contributed by atoms with Crippen LogP contribution in [0.1, 0.15) is 36.6 Å². The first kappa shape index (κ1) is 14.6. The molecule has 0 aromatic carbocycles. The summed E-state index contributed by atoms with van der Waals surface area (Å²) in [4.78, 5) is 19.4. The Morgan fingerprint density at radius 3 is 2.82 bits per heavy atom. The molecular formula is C15H21N7. The molecule has 7 heteroatoms. The lowest BCUT2D eigenvalue weighted by Gasteiger charge is -2.35. The van der Waals surface area contributed by atoms with E-state index in [1.165, 1.54) is 12.8 Å². The molecule has 3 N–H and O–H groups in total. The molecule has 0 radical (unpaired) electrons. The van der Waals surface area contributed by atoms with Crippen LogP contribution in [-0.4, -0.2) is 38.4 Å². The van der Waals surface area contributed by atoms with Gasteiger partial charge in [-0.1, -0.05) is 6.42 Å². The minimum atomic E-state index is 0.281. The first-order valence-electron chi connectivity index (χ1n) is 7.57. The lowest BCUT2D eigenvalue weighted by Crippen LogP contribution is -2.33. The maximum atomic E-state index is 5.73. The Balaban J connectivity index is 1.77. The molecular weight excluding hydrogens is 278 g/mol. The van der Waals surface area contributed by atoms with Gasteiger partial charge in [-0.15, -0.1) is 0 Å². The van der Waals surface area contributed by atoms with Gasteiger partial charge in [-0.3, -0.25) is 4.90 Å². The maximum absolute atomic E-state index is 5.73. The summed E-state index contributed by atoms with van der Waals surface area (Å²) in [6.45, 7) is 1.86. The summed E-state index contributed by atoms with van der Waals surface area (Å²) >= 11 is 0. The first-order chi connectivity index (χ1) is 10.8. The van der Waals surface area contributed by atoms with Crippen LogP contribution in [0.4, 0.5) is 11.9 Å². The first-order valence-corrected chi connectivity index (χ1v) is 7.57. The molecule has 1 saturated heterocycles. The predicted molar refractivity (Wildman–Crippen MR) is 85.0 cm³/mol. The molecule has 1 aliphatic heterocycles. The molecule has 3 rings (SSSR count). The van der Waals surface area contributed by atoms with Gasteiger partial charge in [-0.25, -0.2) is 19.9 Å². The lowest BCUT2D eigenvalue weighted by molar-refractivity contribution is 0.137. The van der Waals surface area contributed by atoms with E-state index in [9.17, 15) is 0 Å². The van der Waals surface area contributed by atoms with Crippen LogP contribution in [0.3, 0.4) is 0 Å². The maximum Gasteiger partial charge on any atom is 0.222 e. The number of rotatable bonds is 4. The second-order valence-electron chi connectivity index (χ2n) is 5.49. The van der Waals surface area contributed by atoms with Gasteiger partial charge < -0.3 is 11.1 Å². The number of hydrogen-bond acceptors (Lipinski definition) is 7. The number of nitrogens with one attached hydrogen (secondary N) is 1. The standard InChI is InChI=1S/C15H21N7/c1-17-15-19-8-11(9-20-15)10-22-7-3-2-4-13(22)12-5-6-18-14(16)21-12/h5-6,8-9,13H,2-4,7,10H2,1H3,(H2,16,18,21)(H,17,19,20)/t13-/m0/s1. The number of nitrogen functional groups attached to an aromatic ring is 1. The zero-order chi connectivity index (χ0) is 15.4. The van der Waals surface area contributed by atoms with E-state index in [4.69, 9.17) is 5.73 Å². The Bertz CT molecular complexity index is 614. The molecule has 2 aromatic rings. The molecule has 0 unspecified atom stereocenters. The Morgan fingerprint density at radius 1 is 1.27 bits per heavy atom. The highest BCUT2D eigenvalue weighted by Crippen LogP contribution is 2.31. The van der Waals surface area contributed by atoms with Gasteiger partial charge in [-0.05, 0) is 25.5 Å². The minimum Gasteiger partial charge on any atom is -0.368 e. The van der Waals surface area contributed by atoms with Crippen molar-refractivity contribution in [3.05, 3.63) is 35.9 Å². The molecule has 0 spiro atoms. The Labute approximate surface area is 130 Å². The average Bonchev–Trinajstić information content (AvgIpc) is 2.56. The molecule has 3 heterocycles. The summed E-state index contributed by atoms with van der Waals surface area (Å²) < 4.78 is 0. The monoisotopic (exact) mass is 299 g/mol. The SMILES string of the molecule is CNc1ncc(CN2CCCC[C@H]2c2ccnc(N)n2)cn1. The Hall–Kier alpha value is -2.28. The van der Waals surface area contributed by atoms with Gasteiger partial charge in [0.15, 0.2) is 0 Å². The van der Waals surface area contributed by atoms with E-state index in [0.29, 0.717) is 11.9 Å². The highest BCUT2D eigenvalue weighted by atomic mass is 15.2. The summed E-state index contributed by atoms with van der Waals surface area (Å²) in [6.07, 6.45) is 8.98. The molecule has 116 valence electrons. The predicted octanol–water partition coefficient (Wildman–Crippen LogP) is 1.62. The molecule has 0 aliphatic carbocycles. The van der Waals surface area contributed by atoms with Crippen molar-refractivity contribution in [1.82, 2.24) is 24.8 Å². The molecule has 0 bridgehead atoms. The van der Waals surface area contributed by atoms with Gasteiger partial charge >= 0.3 is 0 Å². The molecule has 0 amide bonds. The largest absolute Gasteiger partial charge is 0.368 e. The zero-order valence-electron chi connectivity index (χ0n) is 12.7. The van der Waals surface area contributed by atoms with Crippen LogP contribution in [0, 0.1) is 0 Å². The summed E-state index contributed by atoms with van der Waals surface area (Å²) in [5, 5.41) is 2.93. The Kier molecular flexibility index (Phi) is 4.43. The van der Waals surface area contributed by atoms with E-state index in [1.807, 2.05) is 25.5 Å². The molecule has 1 aliphatic rings. The van der Waals surface area contributed by atoms with Crippen molar-refractivity contribution >= 4 is 11.9 Å². The van der Waals surface area contributed by atoms with Crippen molar-refractivity contribution in [2.24, 2.45) is 0 Å². The van der Waals surface area contributed by atoms with Crippen LogP contribution in [0.15, 0.2) is 24.7 Å². The van der Waals surface area contributed by atoms with Crippen LogP contribution in [0.2, 0.25) is 0 Å². The van der Waals surface area contributed by atoms with Crippen molar-refractivity contribution in [2.75, 3.05) is 24.6 Å². The van der Waals surface area contributed by atoms with E-state index in [-0.39, 0.29) is 6.04 Å². The van der Waals surface area contributed by atoms with Crippen molar-refractivity contribution in [3.63, 3.8) is 0 Å². The van der Waals surface area contributed by atoms with Crippen molar-refractivity contribution in [1.29, 1.82) is 0 Å². The zero-order valence-corrected chi connectivity index (χ0v) is 12.7. The van der Waals surface area contributed by atoms with Gasteiger partial charge in [0.05, 0.1) is 11.7 Å². The van der Waals surface area contributed by atoms with Crippen LogP contribution >= 0.6 is 0 Å². The van der Waals surface area contributed by atoms with Crippen LogP contribution < -0.4 is 11.1 Å². The fourth-order valence-corrected chi connectivity index (χ4v) is 2.89.